The molecule has 5 nitrogen and oxygen atoms in total. The summed E-state index contributed by atoms with van der Waals surface area (Å²) >= 11 is 5.81. The minimum absolute atomic E-state index is 0.0116. The molecule has 35 heavy (non-hydrogen) atoms. The summed E-state index contributed by atoms with van der Waals surface area (Å²) in [6, 6.07) is 10.4. The molecule has 2 heterocycles. The van der Waals surface area contributed by atoms with E-state index in [0.717, 1.165) is 22.9 Å². The Kier molecular flexibility index (Phi) is 7.76. The number of aryl methyl sites for hydroxylation is 1. The number of benzene rings is 2. The van der Waals surface area contributed by atoms with E-state index in [1.54, 1.807) is 36.4 Å². The average Bonchev–Trinajstić information content (AvgIpc) is 3.44. The highest BCUT2D eigenvalue weighted by molar-refractivity contribution is 8.00. The minimum Gasteiger partial charge on any atom is -0.338 e. The van der Waals surface area contributed by atoms with Crippen LogP contribution in [-0.4, -0.2) is 50.7 Å². The molecular formula is C25H25ClF3N3O2S. The number of hydrogen-bond acceptors (Lipinski definition) is 4. The van der Waals surface area contributed by atoms with Gasteiger partial charge in [-0.2, -0.15) is 18.3 Å². The van der Waals surface area contributed by atoms with Gasteiger partial charge in [0.2, 0.25) is 0 Å². The number of amides is 1. The average molecular weight is 524 g/mol. The first-order chi connectivity index (χ1) is 16.6. The van der Waals surface area contributed by atoms with Crippen molar-refractivity contribution in [2.75, 3.05) is 18.8 Å². The fourth-order valence-electron chi connectivity index (χ4n) is 4.44. The van der Waals surface area contributed by atoms with Gasteiger partial charge in [0.25, 0.3) is 5.91 Å². The maximum atomic E-state index is 12.8. The number of alkyl halides is 3. The fraction of sp³-hybridized carbons (Fsp3) is 0.400. The van der Waals surface area contributed by atoms with Gasteiger partial charge in [0, 0.05) is 59.5 Å². The van der Waals surface area contributed by atoms with Crippen molar-refractivity contribution >= 4 is 46.0 Å². The predicted octanol–water partition coefficient (Wildman–Crippen LogP) is 6.38. The van der Waals surface area contributed by atoms with Gasteiger partial charge in [0.15, 0.2) is 5.78 Å². The quantitative estimate of drug-likeness (QED) is 0.254. The summed E-state index contributed by atoms with van der Waals surface area (Å²) in [5.41, 5.74) is -1.59. The molecule has 0 spiro atoms. The number of carbonyl (C=O) groups is 2. The number of ketones is 1. The summed E-state index contributed by atoms with van der Waals surface area (Å²) < 4.78 is 38.7. The van der Waals surface area contributed by atoms with Crippen molar-refractivity contribution in [1.29, 1.82) is 0 Å². The van der Waals surface area contributed by atoms with Gasteiger partial charge < -0.3 is 4.90 Å². The molecule has 0 radical (unpaired) electrons. The Labute approximate surface area is 210 Å². The summed E-state index contributed by atoms with van der Waals surface area (Å²) in [6.45, 7) is 3.80. The van der Waals surface area contributed by atoms with Crippen LogP contribution in [0.3, 0.4) is 0 Å². The van der Waals surface area contributed by atoms with Crippen molar-refractivity contribution in [3.8, 4) is 0 Å². The second kappa shape index (κ2) is 10.6. The van der Waals surface area contributed by atoms with Crippen LogP contribution in [0.1, 0.15) is 45.5 Å². The lowest BCUT2D eigenvalue weighted by molar-refractivity contribution is -0.0328. The Morgan fingerprint density at radius 2 is 1.91 bits per heavy atom. The summed E-state index contributed by atoms with van der Waals surface area (Å²) in [5, 5.41) is 6.08. The molecule has 1 saturated heterocycles. The molecule has 1 aromatic heterocycles. The normalized spacial score (nSPS) is 16.3. The number of rotatable bonds is 8. The molecule has 2 aromatic carbocycles. The molecular weight excluding hydrogens is 499 g/mol. The molecule has 10 heteroatoms. The van der Waals surface area contributed by atoms with Gasteiger partial charge in [-0.05, 0) is 67.6 Å². The molecule has 186 valence electrons. The third-order valence-corrected chi connectivity index (χ3v) is 7.30. The molecule has 4 rings (SSSR count). The van der Waals surface area contributed by atoms with E-state index in [9.17, 15) is 22.8 Å². The zero-order valence-corrected chi connectivity index (χ0v) is 20.7. The zero-order valence-electron chi connectivity index (χ0n) is 19.1. The highest BCUT2D eigenvalue weighted by atomic mass is 35.5. The van der Waals surface area contributed by atoms with E-state index in [1.807, 2.05) is 22.7 Å². The van der Waals surface area contributed by atoms with E-state index in [1.165, 1.54) is 0 Å². The van der Waals surface area contributed by atoms with Gasteiger partial charge in [-0.3, -0.25) is 14.3 Å². The SMILES string of the molecule is Cc1c(C(=O)CCCSC(F)(F)F)ccc2nn(C[C@@H]3CCN(C(=O)c4ccc(Cl)cc4)C3)cc12. The Hall–Kier alpha value is -2.52. The van der Waals surface area contributed by atoms with Crippen molar-refractivity contribution in [2.45, 2.75) is 38.2 Å². The Morgan fingerprint density at radius 3 is 2.63 bits per heavy atom. The number of hydrogen-bond donors (Lipinski definition) is 0. The number of nitrogens with zero attached hydrogens (tertiary/aromatic N) is 3. The van der Waals surface area contributed by atoms with Crippen molar-refractivity contribution < 1.29 is 22.8 Å². The van der Waals surface area contributed by atoms with E-state index in [4.69, 9.17) is 11.6 Å². The summed E-state index contributed by atoms with van der Waals surface area (Å²) in [6.07, 6.45) is 3.02. The van der Waals surface area contributed by atoms with E-state index in [-0.39, 0.29) is 48.0 Å². The first-order valence-corrected chi connectivity index (χ1v) is 12.7. The van der Waals surface area contributed by atoms with Crippen LogP contribution in [-0.2, 0) is 6.54 Å². The first-order valence-electron chi connectivity index (χ1n) is 11.4. The molecule has 1 atom stereocenters. The molecule has 0 saturated carbocycles. The van der Waals surface area contributed by atoms with Gasteiger partial charge in [0.1, 0.15) is 0 Å². The number of fused-ring (bicyclic) bond motifs is 1. The van der Waals surface area contributed by atoms with Gasteiger partial charge in [-0.25, -0.2) is 0 Å². The lowest BCUT2D eigenvalue weighted by Crippen LogP contribution is -2.29. The van der Waals surface area contributed by atoms with Gasteiger partial charge >= 0.3 is 5.51 Å². The van der Waals surface area contributed by atoms with Crippen LogP contribution in [0.25, 0.3) is 10.9 Å². The summed E-state index contributed by atoms with van der Waals surface area (Å²) in [4.78, 5) is 27.2. The molecule has 0 N–H and O–H groups in total. The first kappa shape index (κ1) is 25.6. The number of thioether (sulfide) groups is 1. The standard InChI is InChI=1S/C25H25ClF3N3O2S/c1-16-20(23(33)3-2-12-35-25(27,28)29)8-9-22-21(16)15-32(30-22)14-17-10-11-31(13-17)24(34)18-4-6-19(26)7-5-18/h4-9,15,17H,2-3,10-14H2,1H3/t17-/m1/s1. The van der Waals surface area contributed by atoms with Gasteiger partial charge in [-0.1, -0.05) is 23.4 Å². The molecule has 1 aliphatic rings. The van der Waals surface area contributed by atoms with Crippen LogP contribution >= 0.6 is 23.4 Å². The third kappa shape index (κ3) is 6.38. The molecule has 0 unspecified atom stereocenters. The summed E-state index contributed by atoms with van der Waals surface area (Å²) in [7, 11) is 0. The van der Waals surface area contributed by atoms with Crippen LogP contribution < -0.4 is 0 Å². The van der Waals surface area contributed by atoms with Gasteiger partial charge in [0.05, 0.1) is 5.52 Å². The van der Waals surface area contributed by atoms with Crippen LogP contribution in [0, 0.1) is 12.8 Å². The van der Waals surface area contributed by atoms with E-state index < -0.39 is 5.51 Å². The molecule has 0 bridgehead atoms. The van der Waals surface area contributed by atoms with Crippen molar-refractivity contribution in [3.63, 3.8) is 0 Å². The molecule has 0 aliphatic carbocycles. The monoisotopic (exact) mass is 523 g/mol. The Balaban J connectivity index is 1.37. The topological polar surface area (TPSA) is 55.2 Å². The lowest BCUT2D eigenvalue weighted by Gasteiger charge is -2.16. The Bertz CT molecular complexity index is 1230. The van der Waals surface area contributed by atoms with Crippen molar-refractivity contribution in [2.24, 2.45) is 5.92 Å². The van der Waals surface area contributed by atoms with Crippen LogP contribution in [0.2, 0.25) is 5.02 Å². The van der Waals surface area contributed by atoms with E-state index in [0.29, 0.717) is 35.8 Å². The summed E-state index contributed by atoms with van der Waals surface area (Å²) in [5.74, 6) is -0.0458. The smallest absolute Gasteiger partial charge is 0.338 e. The predicted molar refractivity (Wildman–Crippen MR) is 132 cm³/mol. The second-order valence-corrected chi connectivity index (χ2v) is 10.4. The number of Topliss-reactive ketones (excluding diaryl/α,β-unsaturated/α-hetero) is 1. The highest BCUT2D eigenvalue weighted by Gasteiger charge is 2.28. The maximum Gasteiger partial charge on any atom is 0.441 e. The van der Waals surface area contributed by atoms with E-state index >= 15 is 0 Å². The van der Waals surface area contributed by atoms with Crippen LogP contribution in [0.5, 0.6) is 0 Å². The molecule has 3 aromatic rings. The molecule has 1 aliphatic heterocycles. The maximum absolute atomic E-state index is 12.8. The largest absolute Gasteiger partial charge is 0.441 e. The minimum atomic E-state index is -4.27. The number of halogens is 4. The van der Waals surface area contributed by atoms with Crippen LogP contribution in [0.15, 0.2) is 42.6 Å². The fourth-order valence-corrected chi connectivity index (χ4v) is 5.08. The van der Waals surface area contributed by atoms with Crippen molar-refractivity contribution in [3.05, 3.63) is 64.3 Å². The molecule has 1 amide bonds. The highest BCUT2D eigenvalue weighted by Crippen LogP contribution is 2.31. The van der Waals surface area contributed by atoms with Crippen molar-refractivity contribution in [1.82, 2.24) is 14.7 Å². The third-order valence-electron chi connectivity index (χ3n) is 6.23. The van der Waals surface area contributed by atoms with Crippen LogP contribution in [0.4, 0.5) is 13.2 Å². The Morgan fingerprint density at radius 1 is 1.17 bits per heavy atom. The number of aromatic nitrogens is 2. The molecule has 1 fully saturated rings. The second-order valence-electron chi connectivity index (χ2n) is 8.76. The van der Waals surface area contributed by atoms with Gasteiger partial charge in [-0.15, -0.1) is 0 Å². The number of carbonyl (C=O) groups excluding carboxylic acids is 2. The van der Waals surface area contributed by atoms with E-state index in [2.05, 4.69) is 5.10 Å². The zero-order chi connectivity index (χ0) is 25.2. The number of likely N-dealkylation sites (tertiary alicyclic amines) is 1. The lowest BCUT2D eigenvalue weighted by atomic mass is 9.99.